The highest BCUT2D eigenvalue weighted by Gasteiger charge is 2.24. The van der Waals surface area contributed by atoms with Crippen molar-refractivity contribution in [2.24, 2.45) is 0 Å². The van der Waals surface area contributed by atoms with Crippen LogP contribution in [0.3, 0.4) is 0 Å². The summed E-state index contributed by atoms with van der Waals surface area (Å²) in [6, 6.07) is 4.97. The fourth-order valence-electron chi connectivity index (χ4n) is 3.49. The smallest absolute Gasteiger partial charge is 0.239 e. The Morgan fingerprint density at radius 3 is 3.07 bits per heavy atom. The van der Waals surface area contributed by atoms with Crippen molar-refractivity contribution < 1.29 is 13.6 Å². The number of hydrogen-bond acceptors (Lipinski definition) is 5. The molecule has 1 aromatic carbocycles. The second kappa shape index (κ2) is 7.79. The highest BCUT2D eigenvalue weighted by molar-refractivity contribution is 5.87. The Morgan fingerprint density at radius 2 is 2.18 bits per heavy atom. The van der Waals surface area contributed by atoms with Crippen LogP contribution in [0.5, 0.6) is 0 Å². The molecular weight excluding hydrogens is 366 g/mol. The highest BCUT2D eigenvalue weighted by Crippen LogP contribution is 2.25. The van der Waals surface area contributed by atoms with Gasteiger partial charge < -0.3 is 20.5 Å². The van der Waals surface area contributed by atoms with Crippen LogP contribution in [0.1, 0.15) is 12.8 Å². The van der Waals surface area contributed by atoms with E-state index < -0.39 is 11.6 Å². The lowest BCUT2D eigenvalue weighted by Gasteiger charge is -2.34. The van der Waals surface area contributed by atoms with Gasteiger partial charge in [0.05, 0.1) is 17.6 Å². The first-order valence-corrected chi connectivity index (χ1v) is 9.11. The molecule has 1 aliphatic rings. The molecule has 1 atom stereocenters. The number of carbonyl (C=O) groups is 1. The normalized spacial score (nSPS) is 16.9. The van der Waals surface area contributed by atoms with Crippen LogP contribution >= 0.6 is 0 Å². The number of carbonyl (C=O) groups excluding carboxylic acids is 1. The maximum absolute atomic E-state index is 13.6. The topological polar surface area (TPSA) is 85.9 Å². The molecule has 4 rings (SSSR count). The van der Waals surface area contributed by atoms with E-state index in [1.165, 1.54) is 6.33 Å². The molecule has 0 spiro atoms. The minimum atomic E-state index is -0.600. The minimum Gasteiger partial charge on any atom is -0.374 e. The molecular formula is C19H20F2N6O. The second-order valence-electron chi connectivity index (χ2n) is 6.77. The van der Waals surface area contributed by atoms with Crippen LogP contribution in [0.15, 0.2) is 36.8 Å². The van der Waals surface area contributed by atoms with Crippen molar-refractivity contribution >= 4 is 28.4 Å². The quantitative estimate of drug-likeness (QED) is 0.627. The number of rotatable bonds is 5. The lowest BCUT2D eigenvalue weighted by Crippen LogP contribution is -2.49. The van der Waals surface area contributed by atoms with Crippen molar-refractivity contribution in [3.8, 4) is 0 Å². The number of halogens is 2. The number of amides is 1. The number of benzene rings is 1. The second-order valence-corrected chi connectivity index (χ2v) is 6.77. The van der Waals surface area contributed by atoms with Gasteiger partial charge in [-0.1, -0.05) is 0 Å². The van der Waals surface area contributed by atoms with Gasteiger partial charge in [0.15, 0.2) is 0 Å². The largest absolute Gasteiger partial charge is 0.374 e. The Balaban J connectivity index is 1.36. The summed E-state index contributed by atoms with van der Waals surface area (Å²) in [4.78, 5) is 26.1. The van der Waals surface area contributed by atoms with Crippen molar-refractivity contribution in [2.75, 3.05) is 29.9 Å². The third kappa shape index (κ3) is 3.88. The van der Waals surface area contributed by atoms with Gasteiger partial charge in [-0.25, -0.2) is 18.7 Å². The van der Waals surface area contributed by atoms with Gasteiger partial charge in [-0.3, -0.25) is 4.79 Å². The molecule has 7 nitrogen and oxygen atoms in total. The van der Waals surface area contributed by atoms with E-state index in [0.717, 1.165) is 54.4 Å². The Bertz CT molecular complexity index is 991. The van der Waals surface area contributed by atoms with Crippen molar-refractivity contribution in [3.05, 3.63) is 48.4 Å². The molecule has 0 saturated carbocycles. The van der Waals surface area contributed by atoms with E-state index in [2.05, 4.69) is 30.5 Å². The SMILES string of the molecule is O=C(CNc1cc(F)ccc1F)N[C@@H]1CCCN(c2ncnc3[nH]ccc23)C1. The molecule has 0 aliphatic carbocycles. The van der Waals surface area contributed by atoms with Crippen LogP contribution in [0, 0.1) is 11.6 Å². The van der Waals surface area contributed by atoms with Gasteiger partial charge in [-0.05, 0) is 37.1 Å². The van der Waals surface area contributed by atoms with Crippen LogP contribution in [0.4, 0.5) is 20.3 Å². The first kappa shape index (κ1) is 18.1. The summed E-state index contributed by atoms with van der Waals surface area (Å²) in [6.45, 7) is 1.33. The third-order valence-corrected chi connectivity index (χ3v) is 4.79. The Hall–Kier alpha value is -3.23. The van der Waals surface area contributed by atoms with E-state index in [0.29, 0.717) is 6.54 Å². The van der Waals surface area contributed by atoms with Gasteiger partial charge in [0.1, 0.15) is 29.4 Å². The Kier molecular flexibility index (Phi) is 5.05. The summed E-state index contributed by atoms with van der Waals surface area (Å²) in [6.07, 6.45) is 5.10. The highest BCUT2D eigenvalue weighted by atomic mass is 19.1. The fourth-order valence-corrected chi connectivity index (χ4v) is 3.49. The number of fused-ring (bicyclic) bond motifs is 1. The predicted molar refractivity (Wildman–Crippen MR) is 102 cm³/mol. The molecule has 9 heteroatoms. The summed E-state index contributed by atoms with van der Waals surface area (Å²) in [5.74, 6) is -0.597. The van der Waals surface area contributed by atoms with Gasteiger partial charge >= 0.3 is 0 Å². The molecule has 0 radical (unpaired) electrons. The average molecular weight is 386 g/mol. The number of nitrogens with zero attached hydrogens (tertiary/aromatic N) is 3. The monoisotopic (exact) mass is 386 g/mol. The zero-order chi connectivity index (χ0) is 19.5. The van der Waals surface area contributed by atoms with Crippen LogP contribution in [-0.4, -0.2) is 46.5 Å². The molecule has 0 bridgehead atoms. The summed E-state index contributed by atoms with van der Waals surface area (Å²) in [5.41, 5.74) is 0.744. The first-order valence-electron chi connectivity index (χ1n) is 9.11. The van der Waals surface area contributed by atoms with Gasteiger partial charge in [-0.2, -0.15) is 0 Å². The van der Waals surface area contributed by atoms with Crippen molar-refractivity contribution in [1.82, 2.24) is 20.3 Å². The van der Waals surface area contributed by atoms with Gasteiger partial charge in [0.25, 0.3) is 0 Å². The van der Waals surface area contributed by atoms with Crippen LogP contribution in [-0.2, 0) is 4.79 Å². The molecule has 146 valence electrons. The molecule has 3 heterocycles. The summed E-state index contributed by atoms with van der Waals surface area (Å²) in [5, 5.41) is 6.54. The predicted octanol–water partition coefficient (Wildman–Crippen LogP) is 2.43. The summed E-state index contributed by atoms with van der Waals surface area (Å²) >= 11 is 0. The summed E-state index contributed by atoms with van der Waals surface area (Å²) in [7, 11) is 0. The van der Waals surface area contributed by atoms with E-state index >= 15 is 0 Å². The third-order valence-electron chi connectivity index (χ3n) is 4.79. The molecule has 1 fully saturated rings. The standard InChI is InChI=1S/C19H20F2N6O/c20-12-3-4-15(21)16(8-12)23-9-17(28)26-13-2-1-7-27(10-13)19-14-5-6-22-18(14)24-11-25-19/h3-6,8,11,13,23H,1-2,7,9-10H2,(H,26,28)(H,22,24,25)/t13-/m1/s1. The zero-order valence-corrected chi connectivity index (χ0v) is 15.1. The van der Waals surface area contributed by atoms with Crippen molar-refractivity contribution in [3.63, 3.8) is 0 Å². The van der Waals surface area contributed by atoms with E-state index in [1.807, 2.05) is 12.3 Å². The van der Waals surface area contributed by atoms with Gasteiger partial charge in [0.2, 0.25) is 5.91 Å². The zero-order valence-electron chi connectivity index (χ0n) is 15.1. The molecule has 1 amide bonds. The number of nitrogens with one attached hydrogen (secondary N) is 3. The first-order chi connectivity index (χ1) is 13.6. The van der Waals surface area contributed by atoms with Gasteiger partial charge in [-0.15, -0.1) is 0 Å². The molecule has 3 N–H and O–H groups in total. The summed E-state index contributed by atoms with van der Waals surface area (Å²) < 4.78 is 26.8. The molecule has 3 aromatic rings. The minimum absolute atomic E-state index is 0.0312. The number of aromatic amines is 1. The van der Waals surface area contributed by atoms with Crippen LogP contribution in [0.2, 0.25) is 0 Å². The van der Waals surface area contributed by atoms with Crippen molar-refractivity contribution in [2.45, 2.75) is 18.9 Å². The van der Waals surface area contributed by atoms with E-state index in [1.54, 1.807) is 0 Å². The van der Waals surface area contributed by atoms with E-state index in [-0.39, 0.29) is 24.2 Å². The number of H-pyrrole nitrogens is 1. The number of aromatic nitrogens is 3. The van der Waals surface area contributed by atoms with E-state index in [9.17, 15) is 13.6 Å². The van der Waals surface area contributed by atoms with Crippen molar-refractivity contribution in [1.29, 1.82) is 0 Å². The number of hydrogen-bond donors (Lipinski definition) is 3. The lowest BCUT2D eigenvalue weighted by atomic mass is 10.1. The average Bonchev–Trinajstić information content (AvgIpc) is 3.18. The maximum Gasteiger partial charge on any atom is 0.239 e. The molecule has 2 aromatic heterocycles. The number of piperidine rings is 1. The number of anilines is 2. The Morgan fingerprint density at radius 1 is 1.29 bits per heavy atom. The van der Waals surface area contributed by atoms with Crippen LogP contribution < -0.4 is 15.5 Å². The molecule has 0 unspecified atom stereocenters. The van der Waals surface area contributed by atoms with Gasteiger partial charge in [0, 0.05) is 25.3 Å². The lowest BCUT2D eigenvalue weighted by molar-refractivity contribution is -0.120. The maximum atomic E-state index is 13.6. The van der Waals surface area contributed by atoms with E-state index in [4.69, 9.17) is 0 Å². The Labute approximate surface area is 160 Å². The molecule has 28 heavy (non-hydrogen) atoms. The molecule has 1 saturated heterocycles. The fraction of sp³-hybridized carbons (Fsp3) is 0.316. The molecule has 1 aliphatic heterocycles. The van der Waals surface area contributed by atoms with Crippen LogP contribution in [0.25, 0.3) is 11.0 Å².